The third kappa shape index (κ3) is 5.21. The Kier molecular flexibility index (Phi) is 9.61. The monoisotopic (exact) mass is 419 g/mol. The molecule has 1 aliphatic rings. The molecular formula is C18H24Cl3N3O2. The molecule has 1 saturated heterocycles. The molecule has 3 rings (SSSR count). The highest BCUT2D eigenvalue weighted by atomic mass is 35.5. The van der Waals surface area contributed by atoms with E-state index in [1.54, 1.807) is 18.3 Å². The van der Waals surface area contributed by atoms with E-state index in [2.05, 4.69) is 4.98 Å². The Labute approximate surface area is 171 Å². The van der Waals surface area contributed by atoms with E-state index in [9.17, 15) is 4.79 Å². The van der Waals surface area contributed by atoms with Gasteiger partial charge in [-0.2, -0.15) is 0 Å². The number of piperidine rings is 1. The maximum absolute atomic E-state index is 12.9. The first-order valence-electron chi connectivity index (χ1n) is 8.35. The Morgan fingerprint density at radius 3 is 2.69 bits per heavy atom. The number of aromatic nitrogens is 1. The number of fused-ring (bicyclic) bond motifs is 1. The number of hydrogen-bond donors (Lipinski definition) is 1. The summed E-state index contributed by atoms with van der Waals surface area (Å²) in [6.07, 6.45) is 4.50. The molecule has 0 bridgehead atoms. The molecule has 8 heteroatoms. The van der Waals surface area contributed by atoms with Crippen molar-refractivity contribution in [1.82, 2.24) is 9.88 Å². The highest BCUT2D eigenvalue weighted by Crippen LogP contribution is 2.26. The molecule has 1 aliphatic heterocycles. The Bertz CT molecular complexity index is 722. The molecule has 2 N–H and O–H groups in total. The zero-order chi connectivity index (χ0) is 16.9. The summed E-state index contributed by atoms with van der Waals surface area (Å²) in [6, 6.07) is 7.25. The van der Waals surface area contributed by atoms with Gasteiger partial charge in [0.05, 0.1) is 22.2 Å². The summed E-state index contributed by atoms with van der Waals surface area (Å²) in [5.41, 5.74) is 6.75. The fraction of sp³-hybridized carbons (Fsp3) is 0.444. The van der Waals surface area contributed by atoms with Crippen LogP contribution in [0.3, 0.4) is 0 Å². The summed E-state index contributed by atoms with van der Waals surface area (Å²) in [5.74, 6) is 0.00998. The van der Waals surface area contributed by atoms with Gasteiger partial charge in [0.15, 0.2) is 0 Å². The van der Waals surface area contributed by atoms with Crippen LogP contribution in [0, 0.1) is 0 Å². The molecule has 0 saturated carbocycles. The number of hydrogen-bond acceptors (Lipinski definition) is 4. The minimum Gasteiger partial charge on any atom is -0.378 e. The SMILES string of the molecule is Cl.Cl.NCCCOC1CCN(C(=O)c2ccc(Cl)c3cccnc23)CC1. The number of nitrogens with two attached hydrogens (primary N) is 1. The van der Waals surface area contributed by atoms with Crippen LogP contribution in [-0.2, 0) is 4.74 Å². The van der Waals surface area contributed by atoms with Crippen LogP contribution in [0.15, 0.2) is 30.5 Å². The number of carbonyl (C=O) groups is 1. The first kappa shape index (κ1) is 22.9. The molecule has 0 atom stereocenters. The molecule has 2 aromatic rings. The summed E-state index contributed by atoms with van der Waals surface area (Å²) in [7, 11) is 0. The second-order valence-corrected chi connectivity index (χ2v) is 6.41. The maximum Gasteiger partial charge on any atom is 0.256 e. The van der Waals surface area contributed by atoms with Gasteiger partial charge < -0.3 is 15.4 Å². The van der Waals surface area contributed by atoms with Crippen molar-refractivity contribution >= 4 is 53.2 Å². The second-order valence-electron chi connectivity index (χ2n) is 6.00. The van der Waals surface area contributed by atoms with E-state index in [0.29, 0.717) is 42.3 Å². The van der Waals surface area contributed by atoms with Crippen LogP contribution in [-0.4, -0.2) is 48.1 Å². The molecule has 0 spiro atoms. The molecule has 1 fully saturated rings. The van der Waals surface area contributed by atoms with Crippen LogP contribution in [0.25, 0.3) is 10.9 Å². The van der Waals surface area contributed by atoms with Crippen LogP contribution in [0.4, 0.5) is 0 Å². The standard InChI is InChI=1S/C18H22ClN3O2.2ClH/c19-16-5-4-15(17-14(16)3-1-9-21-17)18(23)22-10-6-13(7-11-22)24-12-2-8-20;;/h1,3-5,9,13H,2,6-8,10-12,20H2;2*1H. The number of halogens is 3. The minimum absolute atomic E-state index is 0. The van der Waals surface area contributed by atoms with Gasteiger partial charge in [0, 0.05) is 31.3 Å². The van der Waals surface area contributed by atoms with Crippen molar-refractivity contribution in [3.05, 3.63) is 41.0 Å². The number of nitrogens with zero attached hydrogens (tertiary/aromatic N) is 2. The molecule has 26 heavy (non-hydrogen) atoms. The van der Waals surface area contributed by atoms with Crippen molar-refractivity contribution in [3.8, 4) is 0 Å². The molecule has 1 aromatic heterocycles. The fourth-order valence-corrected chi connectivity index (χ4v) is 3.26. The van der Waals surface area contributed by atoms with E-state index >= 15 is 0 Å². The summed E-state index contributed by atoms with van der Waals surface area (Å²) >= 11 is 6.21. The van der Waals surface area contributed by atoms with Crippen LogP contribution in [0.2, 0.25) is 5.02 Å². The Morgan fingerprint density at radius 2 is 2.00 bits per heavy atom. The fourth-order valence-electron chi connectivity index (χ4n) is 3.04. The normalized spacial score (nSPS) is 14.6. The van der Waals surface area contributed by atoms with Crippen LogP contribution < -0.4 is 5.73 Å². The largest absolute Gasteiger partial charge is 0.378 e. The Hall–Kier alpha value is -1.11. The van der Waals surface area contributed by atoms with Gasteiger partial charge in [0.1, 0.15) is 0 Å². The zero-order valence-electron chi connectivity index (χ0n) is 14.4. The lowest BCUT2D eigenvalue weighted by Gasteiger charge is -2.32. The third-order valence-electron chi connectivity index (χ3n) is 4.38. The predicted molar refractivity (Wildman–Crippen MR) is 110 cm³/mol. The number of benzene rings is 1. The quantitative estimate of drug-likeness (QED) is 0.749. The predicted octanol–water partition coefficient (Wildman–Crippen LogP) is 3.70. The molecular weight excluding hydrogens is 397 g/mol. The lowest BCUT2D eigenvalue weighted by molar-refractivity contribution is 0.00849. The molecule has 0 aliphatic carbocycles. The molecule has 0 radical (unpaired) electrons. The van der Waals surface area contributed by atoms with Gasteiger partial charge in [-0.05, 0) is 50.1 Å². The highest BCUT2D eigenvalue weighted by molar-refractivity contribution is 6.36. The number of ether oxygens (including phenoxy) is 1. The lowest BCUT2D eigenvalue weighted by atomic mass is 10.0. The Morgan fingerprint density at radius 1 is 1.27 bits per heavy atom. The van der Waals surface area contributed by atoms with Crippen LogP contribution in [0.5, 0.6) is 0 Å². The van der Waals surface area contributed by atoms with Gasteiger partial charge in [-0.15, -0.1) is 24.8 Å². The van der Waals surface area contributed by atoms with Gasteiger partial charge in [-0.3, -0.25) is 9.78 Å². The van der Waals surface area contributed by atoms with Gasteiger partial charge in [-0.1, -0.05) is 11.6 Å². The van der Waals surface area contributed by atoms with Crippen molar-refractivity contribution in [1.29, 1.82) is 0 Å². The topological polar surface area (TPSA) is 68.5 Å². The smallest absolute Gasteiger partial charge is 0.256 e. The van der Waals surface area contributed by atoms with Crippen molar-refractivity contribution in [2.24, 2.45) is 5.73 Å². The molecule has 2 heterocycles. The first-order valence-corrected chi connectivity index (χ1v) is 8.72. The van der Waals surface area contributed by atoms with Crippen LogP contribution in [0.1, 0.15) is 29.6 Å². The summed E-state index contributed by atoms with van der Waals surface area (Å²) < 4.78 is 5.80. The summed E-state index contributed by atoms with van der Waals surface area (Å²) in [5, 5.41) is 1.42. The molecule has 5 nitrogen and oxygen atoms in total. The van der Waals surface area contributed by atoms with Gasteiger partial charge >= 0.3 is 0 Å². The molecule has 144 valence electrons. The van der Waals surface area contributed by atoms with Crippen molar-refractivity contribution < 1.29 is 9.53 Å². The van der Waals surface area contributed by atoms with E-state index < -0.39 is 0 Å². The zero-order valence-corrected chi connectivity index (χ0v) is 16.8. The van der Waals surface area contributed by atoms with Gasteiger partial charge in [0.2, 0.25) is 0 Å². The summed E-state index contributed by atoms with van der Waals surface area (Å²) in [6.45, 7) is 2.74. The number of carbonyl (C=O) groups excluding carboxylic acids is 1. The van der Waals surface area contributed by atoms with Crippen molar-refractivity contribution in [3.63, 3.8) is 0 Å². The van der Waals surface area contributed by atoms with Crippen molar-refractivity contribution in [2.45, 2.75) is 25.4 Å². The molecule has 1 amide bonds. The van der Waals surface area contributed by atoms with E-state index in [-0.39, 0.29) is 36.8 Å². The Balaban J connectivity index is 0.00000169. The highest BCUT2D eigenvalue weighted by Gasteiger charge is 2.25. The molecule has 0 unspecified atom stereocenters. The van der Waals surface area contributed by atoms with Gasteiger partial charge in [-0.25, -0.2) is 0 Å². The van der Waals surface area contributed by atoms with E-state index in [1.807, 2.05) is 17.0 Å². The van der Waals surface area contributed by atoms with E-state index in [4.69, 9.17) is 22.1 Å². The van der Waals surface area contributed by atoms with Gasteiger partial charge in [0.25, 0.3) is 5.91 Å². The second kappa shape index (κ2) is 10.9. The average molecular weight is 421 g/mol. The lowest BCUT2D eigenvalue weighted by Crippen LogP contribution is -2.41. The maximum atomic E-state index is 12.9. The number of pyridine rings is 1. The number of likely N-dealkylation sites (tertiary alicyclic amines) is 1. The van der Waals surface area contributed by atoms with E-state index in [1.165, 1.54) is 0 Å². The average Bonchev–Trinajstić information content (AvgIpc) is 2.63. The third-order valence-corrected chi connectivity index (χ3v) is 4.71. The van der Waals surface area contributed by atoms with E-state index in [0.717, 1.165) is 24.6 Å². The first-order chi connectivity index (χ1) is 11.7. The van der Waals surface area contributed by atoms with Crippen LogP contribution >= 0.6 is 36.4 Å². The van der Waals surface area contributed by atoms with Crippen molar-refractivity contribution in [2.75, 3.05) is 26.2 Å². The molecule has 1 aromatic carbocycles. The summed E-state index contributed by atoms with van der Waals surface area (Å²) in [4.78, 5) is 19.1. The number of rotatable bonds is 5. The minimum atomic E-state index is 0. The number of amides is 1.